The second-order valence-electron chi connectivity index (χ2n) is 7.51. The highest BCUT2D eigenvalue weighted by atomic mass is 32.2. The van der Waals surface area contributed by atoms with Crippen LogP contribution in [-0.2, 0) is 0 Å². The summed E-state index contributed by atoms with van der Waals surface area (Å²) in [6.07, 6.45) is 2.60. The Morgan fingerprint density at radius 3 is 2.69 bits per heavy atom. The number of phenols is 1. The number of rotatable bonds is 9. The number of benzene rings is 2. The minimum Gasteiger partial charge on any atom is -0.548 e. The van der Waals surface area contributed by atoms with Gasteiger partial charge in [-0.3, -0.25) is 9.79 Å². The molecule has 0 aliphatic carbocycles. The number of H-pyrrole nitrogens is 1. The van der Waals surface area contributed by atoms with Gasteiger partial charge < -0.3 is 19.9 Å². The summed E-state index contributed by atoms with van der Waals surface area (Å²) in [6.45, 7) is 4.69. The van der Waals surface area contributed by atoms with Gasteiger partial charge >= 0.3 is 0 Å². The third kappa shape index (κ3) is 5.54. The Hall–Kier alpha value is -3.17. The lowest BCUT2D eigenvalue weighted by Crippen LogP contribution is -2.27. The second kappa shape index (κ2) is 10.9. The number of aromatic hydroxyl groups is 1. The first-order valence-electron chi connectivity index (χ1n) is 10.7. The van der Waals surface area contributed by atoms with Gasteiger partial charge in [0.2, 0.25) is 11.3 Å². The Bertz CT molecular complexity index is 1110. The fourth-order valence-electron chi connectivity index (χ4n) is 3.33. The predicted molar refractivity (Wildman–Crippen MR) is 126 cm³/mol. The van der Waals surface area contributed by atoms with Crippen LogP contribution in [0.15, 0.2) is 53.5 Å². The number of anilines is 2. The second-order valence-corrected chi connectivity index (χ2v) is 8.40. The van der Waals surface area contributed by atoms with Crippen LogP contribution in [0.25, 0.3) is 0 Å². The van der Waals surface area contributed by atoms with Crippen LogP contribution in [0.2, 0.25) is 0 Å². The first-order chi connectivity index (χ1) is 15.4. The van der Waals surface area contributed by atoms with E-state index in [0.29, 0.717) is 17.7 Å². The molecule has 9 heteroatoms. The van der Waals surface area contributed by atoms with Gasteiger partial charge in [0.05, 0.1) is 17.3 Å². The van der Waals surface area contributed by atoms with Crippen molar-refractivity contribution in [2.75, 3.05) is 18.9 Å². The fourth-order valence-corrected chi connectivity index (χ4v) is 3.99. The molecule has 3 rings (SSSR count). The minimum absolute atomic E-state index is 0.144. The Morgan fingerprint density at radius 2 is 2.00 bits per heavy atom. The van der Waals surface area contributed by atoms with E-state index in [4.69, 9.17) is 4.99 Å². The van der Waals surface area contributed by atoms with Crippen molar-refractivity contribution >= 4 is 28.6 Å². The van der Waals surface area contributed by atoms with Crippen LogP contribution in [0.1, 0.15) is 55.1 Å². The molecule has 0 saturated carbocycles. The zero-order valence-electron chi connectivity index (χ0n) is 18.5. The molecule has 1 aromatic heterocycles. The van der Waals surface area contributed by atoms with Crippen LogP contribution in [0, 0.1) is 0 Å². The van der Waals surface area contributed by atoms with Gasteiger partial charge in [-0.05, 0) is 30.5 Å². The summed E-state index contributed by atoms with van der Waals surface area (Å²) in [5.74, 6) is -0.202. The van der Waals surface area contributed by atoms with Gasteiger partial charge in [-0.1, -0.05) is 56.7 Å². The highest BCUT2D eigenvalue weighted by Crippen LogP contribution is 2.30. The maximum atomic E-state index is 12.7. The average molecular weight is 456 g/mol. The van der Waals surface area contributed by atoms with Gasteiger partial charge in [-0.25, -0.2) is 0 Å². The highest BCUT2D eigenvalue weighted by molar-refractivity contribution is 7.13. The number of hydrogen-bond acceptors (Lipinski definition) is 6. The zero-order chi connectivity index (χ0) is 23.1. The Morgan fingerprint density at radius 1 is 1.25 bits per heavy atom. The number of unbranched alkanes of at least 4 members (excludes halogenated alkanes) is 1. The molecule has 2 atom stereocenters. The van der Waals surface area contributed by atoms with E-state index in [9.17, 15) is 14.5 Å². The third-order valence-corrected chi connectivity index (χ3v) is 5.87. The molecule has 1 unspecified atom stereocenters. The summed E-state index contributed by atoms with van der Waals surface area (Å²) >= 11 is -1.68. The quantitative estimate of drug-likeness (QED) is 0.324. The van der Waals surface area contributed by atoms with Crippen LogP contribution in [0.3, 0.4) is 0 Å². The predicted octanol–water partition coefficient (Wildman–Crippen LogP) is 4.51. The number of phenolic OH excluding ortho intramolecular Hbond substituents is 1. The van der Waals surface area contributed by atoms with Crippen LogP contribution < -0.4 is 10.8 Å². The largest absolute Gasteiger partial charge is 0.548 e. The minimum atomic E-state index is -1.68. The van der Waals surface area contributed by atoms with Crippen molar-refractivity contribution < 1.29 is 14.5 Å². The molecule has 0 bridgehead atoms. The number of hydrogen-bond donors (Lipinski definition) is 3. The standard InChI is InChI=1S/C23H29N5O3S/c1-4-6-15-28(3)23(30)17-13-10-14-19(20(17)29)25-22-21(26-32(31)27-22)24-18(5-2)16-11-8-7-9-12-16/h7-14,18,29H,4-6,15H2,1-3H3,(H,24,26)(H,25,27)/t18-,32?/m1/s1. The lowest BCUT2D eigenvalue weighted by Gasteiger charge is -2.18. The number of aromatic amines is 1. The molecular formula is C23H29N5O3S. The lowest BCUT2D eigenvalue weighted by molar-refractivity contribution is 0.0790. The number of para-hydroxylation sites is 1. The van der Waals surface area contributed by atoms with Gasteiger partial charge in [-0.15, -0.1) is 4.37 Å². The van der Waals surface area contributed by atoms with E-state index >= 15 is 0 Å². The normalized spacial score (nSPS) is 13.1. The molecule has 0 aliphatic rings. The molecule has 0 aliphatic heterocycles. The molecule has 32 heavy (non-hydrogen) atoms. The summed E-state index contributed by atoms with van der Waals surface area (Å²) in [4.78, 5) is 19.0. The topological polar surface area (TPSA) is 117 Å². The molecule has 0 spiro atoms. The number of carbonyl (C=O) groups excluding carboxylic acids is 1. The summed E-state index contributed by atoms with van der Waals surface area (Å²) in [5.41, 5.74) is 1.86. The molecule has 3 aromatic rings. The summed E-state index contributed by atoms with van der Waals surface area (Å²) in [6, 6.07) is 14.6. The Labute approximate surface area is 190 Å². The molecule has 8 nitrogen and oxygen atoms in total. The number of carbonyl (C=O) groups is 1. The van der Waals surface area contributed by atoms with E-state index in [1.165, 1.54) is 0 Å². The number of nitrogens with one attached hydrogen (secondary N) is 2. The summed E-state index contributed by atoms with van der Waals surface area (Å²) in [7, 11) is 1.71. The third-order valence-electron chi connectivity index (χ3n) is 5.15. The molecular weight excluding hydrogens is 426 g/mol. The van der Waals surface area contributed by atoms with Crippen molar-refractivity contribution in [3.05, 3.63) is 65.1 Å². The molecule has 1 heterocycles. The smallest absolute Gasteiger partial charge is 0.257 e. The van der Waals surface area contributed by atoms with Gasteiger partial charge in [0, 0.05) is 18.0 Å². The van der Waals surface area contributed by atoms with Crippen LogP contribution in [-0.4, -0.2) is 42.8 Å². The van der Waals surface area contributed by atoms with Crippen molar-refractivity contribution in [2.24, 2.45) is 4.99 Å². The maximum Gasteiger partial charge on any atom is 0.257 e. The van der Waals surface area contributed by atoms with Crippen molar-refractivity contribution in [1.82, 2.24) is 13.6 Å². The molecule has 2 aromatic carbocycles. The SMILES string of the molecule is CCCCN(C)C(=O)c1cccc(Nc2n[s+]([O-])[nH]c2=N[C@H](CC)c2ccccc2)c1O. The van der Waals surface area contributed by atoms with E-state index in [0.717, 1.165) is 24.8 Å². The van der Waals surface area contributed by atoms with Crippen LogP contribution in [0.5, 0.6) is 5.75 Å². The van der Waals surface area contributed by atoms with Gasteiger partial charge in [0.15, 0.2) is 16.9 Å². The first kappa shape index (κ1) is 23.5. The molecule has 0 radical (unpaired) electrons. The summed E-state index contributed by atoms with van der Waals surface area (Å²) < 4.78 is 18.9. The first-order valence-corrected chi connectivity index (χ1v) is 11.8. The number of amides is 1. The average Bonchev–Trinajstić information content (AvgIpc) is 3.15. The van der Waals surface area contributed by atoms with E-state index in [1.807, 2.05) is 37.3 Å². The van der Waals surface area contributed by atoms with E-state index < -0.39 is 11.1 Å². The van der Waals surface area contributed by atoms with E-state index in [1.54, 1.807) is 30.1 Å². The molecule has 170 valence electrons. The van der Waals surface area contributed by atoms with Gasteiger partial charge in [0.1, 0.15) is 0 Å². The monoisotopic (exact) mass is 455 g/mol. The lowest BCUT2D eigenvalue weighted by atomic mass is 10.1. The molecule has 0 fully saturated rings. The van der Waals surface area contributed by atoms with Gasteiger partial charge in [-0.2, -0.15) is 0 Å². The van der Waals surface area contributed by atoms with Gasteiger partial charge in [0.25, 0.3) is 5.91 Å². The van der Waals surface area contributed by atoms with E-state index in [-0.39, 0.29) is 29.1 Å². The van der Waals surface area contributed by atoms with Crippen molar-refractivity contribution in [1.29, 1.82) is 0 Å². The molecule has 3 N–H and O–H groups in total. The highest BCUT2D eigenvalue weighted by Gasteiger charge is 2.20. The van der Waals surface area contributed by atoms with Crippen LogP contribution in [0.4, 0.5) is 11.5 Å². The summed E-state index contributed by atoms with van der Waals surface area (Å²) in [5, 5.41) is 13.7. The number of nitrogens with zero attached hydrogens (tertiary/aromatic N) is 3. The van der Waals surface area contributed by atoms with Crippen molar-refractivity contribution in [3.8, 4) is 5.75 Å². The Balaban J connectivity index is 1.91. The van der Waals surface area contributed by atoms with Crippen molar-refractivity contribution in [2.45, 2.75) is 39.2 Å². The molecule has 0 saturated heterocycles. The zero-order valence-corrected chi connectivity index (χ0v) is 19.4. The molecule has 1 amide bonds. The maximum absolute atomic E-state index is 12.7. The van der Waals surface area contributed by atoms with Crippen LogP contribution >= 0.6 is 11.1 Å². The number of aromatic nitrogens is 2. The fraction of sp³-hybridized carbons (Fsp3) is 0.348. The van der Waals surface area contributed by atoms with E-state index in [2.05, 4.69) is 21.0 Å². The van der Waals surface area contributed by atoms with Crippen molar-refractivity contribution in [3.63, 3.8) is 0 Å². The Kier molecular flexibility index (Phi) is 8.02.